The van der Waals surface area contributed by atoms with E-state index in [1.165, 1.54) is 30.3 Å². The molecule has 1 N–H and O–H groups in total. The summed E-state index contributed by atoms with van der Waals surface area (Å²) in [5, 5.41) is 10.9. The predicted molar refractivity (Wildman–Crippen MR) is 109 cm³/mol. The molecule has 1 atom stereocenters. The fourth-order valence-electron chi connectivity index (χ4n) is 3.64. The number of Topliss-reactive ketones (excluding diaryl/α,β-unsaturated/α-hetero) is 1. The van der Waals surface area contributed by atoms with Crippen LogP contribution < -0.4 is 4.90 Å². The first-order valence-electron chi connectivity index (χ1n) is 9.47. The number of carbonyl (C=O) groups excluding carboxylic acids is 2. The molecule has 0 saturated carbocycles. The highest BCUT2D eigenvalue weighted by molar-refractivity contribution is 6.51. The van der Waals surface area contributed by atoms with Crippen LogP contribution in [0.3, 0.4) is 0 Å². The Hall–Kier alpha value is -3.94. The second kappa shape index (κ2) is 7.96. The molecule has 0 radical (unpaired) electrons. The summed E-state index contributed by atoms with van der Waals surface area (Å²) in [7, 11) is 0. The molecular formula is C24H15F4NO3. The molecule has 32 heavy (non-hydrogen) atoms. The number of anilines is 1. The van der Waals surface area contributed by atoms with Gasteiger partial charge in [-0.05, 0) is 35.9 Å². The number of halogens is 4. The molecule has 0 aliphatic carbocycles. The maximum Gasteiger partial charge on any atom is 0.416 e. The Labute approximate surface area is 180 Å². The van der Waals surface area contributed by atoms with E-state index in [0.29, 0.717) is 0 Å². The number of carbonyl (C=O) groups is 2. The molecule has 4 rings (SSSR count). The molecule has 1 amide bonds. The van der Waals surface area contributed by atoms with Gasteiger partial charge < -0.3 is 5.11 Å². The number of rotatable bonds is 3. The number of benzene rings is 3. The van der Waals surface area contributed by atoms with Crippen molar-refractivity contribution in [2.75, 3.05) is 4.90 Å². The Balaban J connectivity index is 1.94. The highest BCUT2D eigenvalue weighted by Gasteiger charge is 2.47. The first-order valence-corrected chi connectivity index (χ1v) is 9.47. The van der Waals surface area contributed by atoms with E-state index in [1.54, 1.807) is 18.2 Å². The zero-order valence-electron chi connectivity index (χ0n) is 16.3. The summed E-state index contributed by atoms with van der Waals surface area (Å²) in [5.74, 6) is -3.21. The first kappa shape index (κ1) is 21.3. The number of nitrogens with zero attached hydrogens (tertiary/aromatic N) is 1. The minimum atomic E-state index is -4.67. The van der Waals surface area contributed by atoms with Crippen molar-refractivity contribution in [3.05, 3.63) is 107 Å². The molecule has 3 aromatic carbocycles. The van der Waals surface area contributed by atoms with Gasteiger partial charge in [-0.3, -0.25) is 14.5 Å². The Kier molecular flexibility index (Phi) is 5.30. The van der Waals surface area contributed by atoms with Crippen molar-refractivity contribution in [2.24, 2.45) is 0 Å². The quantitative estimate of drug-likeness (QED) is 0.254. The molecule has 1 fully saturated rings. The SMILES string of the molecule is O=C1C(=O)N(c2cccc(C(F)(F)F)c2)C(c2ccc(F)cc2)/C1=C(\O)c1ccccc1. The number of ketones is 1. The van der Waals surface area contributed by atoms with Crippen LogP contribution in [-0.4, -0.2) is 16.8 Å². The zero-order valence-corrected chi connectivity index (χ0v) is 16.3. The van der Waals surface area contributed by atoms with Gasteiger partial charge in [0, 0.05) is 11.3 Å². The molecule has 3 aromatic rings. The van der Waals surface area contributed by atoms with E-state index >= 15 is 0 Å². The minimum absolute atomic E-state index is 0.177. The third kappa shape index (κ3) is 3.75. The standard InChI is InChI=1S/C24H15F4NO3/c25-17-11-9-14(10-12-17)20-19(21(30)15-5-2-1-3-6-15)22(31)23(32)29(20)18-8-4-7-16(13-18)24(26,27)28/h1-13,20,30H/b21-19+. The van der Waals surface area contributed by atoms with Gasteiger partial charge in [0.2, 0.25) is 0 Å². The van der Waals surface area contributed by atoms with Crippen molar-refractivity contribution in [1.29, 1.82) is 0 Å². The lowest BCUT2D eigenvalue weighted by Gasteiger charge is -2.26. The molecule has 1 unspecified atom stereocenters. The maximum absolute atomic E-state index is 13.5. The molecular weight excluding hydrogens is 426 g/mol. The van der Waals surface area contributed by atoms with Crippen molar-refractivity contribution >= 4 is 23.1 Å². The molecule has 162 valence electrons. The average molecular weight is 441 g/mol. The van der Waals surface area contributed by atoms with Crippen molar-refractivity contribution in [1.82, 2.24) is 0 Å². The van der Waals surface area contributed by atoms with Crippen LogP contribution in [0.5, 0.6) is 0 Å². The van der Waals surface area contributed by atoms with E-state index < -0.39 is 41.0 Å². The second-order valence-electron chi connectivity index (χ2n) is 7.13. The normalized spacial score (nSPS) is 18.2. The summed E-state index contributed by atoms with van der Waals surface area (Å²) in [5.41, 5.74) is -0.978. The van der Waals surface area contributed by atoms with E-state index in [0.717, 1.165) is 35.2 Å². The van der Waals surface area contributed by atoms with Crippen LogP contribution in [0.2, 0.25) is 0 Å². The highest BCUT2D eigenvalue weighted by atomic mass is 19.4. The zero-order chi connectivity index (χ0) is 23.0. The fraction of sp³-hybridized carbons (Fsp3) is 0.0833. The summed E-state index contributed by atoms with van der Waals surface area (Å²) in [6.45, 7) is 0. The van der Waals surface area contributed by atoms with E-state index in [1.807, 2.05) is 0 Å². The number of alkyl halides is 3. The van der Waals surface area contributed by atoms with Gasteiger partial charge >= 0.3 is 6.18 Å². The first-order chi connectivity index (χ1) is 15.2. The van der Waals surface area contributed by atoms with Crippen LogP contribution in [0, 0.1) is 5.82 Å². The number of amides is 1. The summed E-state index contributed by atoms with van der Waals surface area (Å²) in [6, 6.07) is 15.5. The molecule has 0 spiro atoms. The number of aliphatic hydroxyl groups excluding tert-OH is 1. The molecule has 1 aliphatic heterocycles. The Morgan fingerprint density at radius 3 is 2.16 bits per heavy atom. The van der Waals surface area contributed by atoms with Crippen LogP contribution in [0.4, 0.5) is 23.2 Å². The molecule has 8 heteroatoms. The fourth-order valence-corrected chi connectivity index (χ4v) is 3.64. The van der Waals surface area contributed by atoms with Gasteiger partial charge in [-0.2, -0.15) is 13.2 Å². The number of aliphatic hydroxyl groups is 1. The van der Waals surface area contributed by atoms with Gasteiger partial charge in [0.05, 0.1) is 17.2 Å². The molecule has 4 nitrogen and oxygen atoms in total. The Bertz CT molecular complexity index is 1220. The minimum Gasteiger partial charge on any atom is -0.507 e. The largest absolute Gasteiger partial charge is 0.507 e. The average Bonchev–Trinajstić information content (AvgIpc) is 3.04. The van der Waals surface area contributed by atoms with E-state index in [2.05, 4.69) is 0 Å². The second-order valence-corrected chi connectivity index (χ2v) is 7.13. The molecule has 1 heterocycles. The lowest BCUT2D eigenvalue weighted by atomic mass is 9.95. The van der Waals surface area contributed by atoms with E-state index in [4.69, 9.17) is 0 Å². The summed E-state index contributed by atoms with van der Waals surface area (Å²) < 4.78 is 53.3. The molecule has 0 bridgehead atoms. The molecule has 1 aliphatic rings. The van der Waals surface area contributed by atoms with Gasteiger partial charge in [-0.1, -0.05) is 48.5 Å². The van der Waals surface area contributed by atoms with Crippen molar-refractivity contribution in [2.45, 2.75) is 12.2 Å². The summed E-state index contributed by atoms with van der Waals surface area (Å²) in [6.07, 6.45) is -4.67. The van der Waals surface area contributed by atoms with Crippen LogP contribution in [0.1, 0.15) is 22.7 Å². The van der Waals surface area contributed by atoms with Crippen LogP contribution >= 0.6 is 0 Å². The molecule has 1 saturated heterocycles. The Morgan fingerprint density at radius 1 is 0.875 bits per heavy atom. The summed E-state index contributed by atoms with van der Waals surface area (Å²) in [4.78, 5) is 26.8. The van der Waals surface area contributed by atoms with E-state index in [-0.39, 0.29) is 22.4 Å². The van der Waals surface area contributed by atoms with Gasteiger partial charge in [-0.25, -0.2) is 4.39 Å². The van der Waals surface area contributed by atoms with Crippen molar-refractivity contribution in [3.8, 4) is 0 Å². The van der Waals surface area contributed by atoms with Crippen LogP contribution in [0.25, 0.3) is 5.76 Å². The number of hydrogen-bond acceptors (Lipinski definition) is 3. The van der Waals surface area contributed by atoms with Crippen LogP contribution in [0.15, 0.2) is 84.4 Å². The van der Waals surface area contributed by atoms with Gasteiger partial charge in [0.25, 0.3) is 11.7 Å². The smallest absolute Gasteiger partial charge is 0.416 e. The highest BCUT2D eigenvalue weighted by Crippen LogP contribution is 2.43. The maximum atomic E-state index is 13.5. The van der Waals surface area contributed by atoms with Gasteiger partial charge in [0.15, 0.2) is 0 Å². The van der Waals surface area contributed by atoms with Crippen LogP contribution in [-0.2, 0) is 15.8 Å². The lowest BCUT2D eigenvalue weighted by molar-refractivity contribution is -0.137. The number of hydrogen-bond donors (Lipinski definition) is 1. The summed E-state index contributed by atoms with van der Waals surface area (Å²) >= 11 is 0. The van der Waals surface area contributed by atoms with Gasteiger partial charge in [-0.15, -0.1) is 0 Å². The lowest BCUT2D eigenvalue weighted by Crippen LogP contribution is -2.29. The van der Waals surface area contributed by atoms with Gasteiger partial charge in [0.1, 0.15) is 11.6 Å². The van der Waals surface area contributed by atoms with E-state index in [9.17, 15) is 32.3 Å². The third-order valence-corrected chi connectivity index (χ3v) is 5.13. The Morgan fingerprint density at radius 2 is 1.53 bits per heavy atom. The monoisotopic (exact) mass is 441 g/mol. The topological polar surface area (TPSA) is 57.6 Å². The van der Waals surface area contributed by atoms with Crippen molar-refractivity contribution < 1.29 is 32.3 Å². The predicted octanol–water partition coefficient (Wildman–Crippen LogP) is 5.47. The third-order valence-electron chi connectivity index (χ3n) is 5.13. The van der Waals surface area contributed by atoms with Crippen molar-refractivity contribution in [3.63, 3.8) is 0 Å². The molecule has 0 aromatic heterocycles.